The average molecular weight is 242 g/mol. The Morgan fingerprint density at radius 1 is 0.688 bits per heavy atom. The molecule has 16 heavy (non-hydrogen) atoms. The van der Waals surface area contributed by atoms with Gasteiger partial charge in [-0.3, -0.25) is 10.3 Å². The minimum Gasteiger partial charge on any atom is -0.613 e. The summed E-state index contributed by atoms with van der Waals surface area (Å²) in [7, 11) is 0. The molecule has 0 spiro atoms. The molecule has 0 aromatic carbocycles. The third kappa shape index (κ3) is 2.13. The number of rotatable bonds is 4. The van der Waals surface area contributed by atoms with E-state index in [2.05, 4.69) is 0 Å². The van der Waals surface area contributed by atoms with E-state index in [1.54, 1.807) is 0 Å². The first kappa shape index (κ1) is 13.6. The smallest absolute Gasteiger partial charge is 0.238 e. The van der Waals surface area contributed by atoms with E-state index in [0.717, 1.165) is 0 Å². The van der Waals surface area contributed by atoms with Crippen LogP contribution in [-0.2, 0) is 0 Å². The molecule has 0 amide bonds. The van der Waals surface area contributed by atoms with Crippen LogP contribution in [0.2, 0.25) is 0 Å². The maximum absolute atomic E-state index is 10.9. The van der Waals surface area contributed by atoms with Gasteiger partial charge in [0.15, 0.2) is 0 Å². The van der Waals surface area contributed by atoms with Crippen molar-refractivity contribution in [1.82, 2.24) is 0 Å². The van der Waals surface area contributed by atoms with Crippen molar-refractivity contribution in [2.45, 2.75) is 24.2 Å². The van der Waals surface area contributed by atoms with E-state index in [4.69, 9.17) is 22.1 Å². The van der Waals surface area contributed by atoms with Gasteiger partial charge in [-0.05, 0) is 0 Å². The van der Waals surface area contributed by atoms with Gasteiger partial charge in [-0.15, -0.1) is 0 Å². The van der Waals surface area contributed by atoms with Crippen molar-refractivity contribution in [3.05, 3.63) is 20.8 Å². The summed E-state index contributed by atoms with van der Waals surface area (Å²) in [5, 5.41) is 55.9. The summed E-state index contributed by atoms with van der Waals surface area (Å²) in [5.74, 6) is 9.80. The second-order valence-electron chi connectivity index (χ2n) is 3.58. The first-order valence-electron chi connectivity index (χ1n) is 4.33. The molecule has 4 unspecified atom stereocenters. The minimum atomic E-state index is -1.45. The van der Waals surface area contributed by atoms with Crippen LogP contribution in [0.1, 0.15) is 0 Å². The van der Waals surface area contributed by atoms with Gasteiger partial charge < -0.3 is 20.8 Å². The molecule has 12 heteroatoms. The van der Waals surface area contributed by atoms with E-state index in [1.165, 1.54) is 0 Å². The average Bonchev–Trinajstić information content (AvgIpc) is 1.97. The molecule has 1 aliphatic carbocycles. The van der Waals surface area contributed by atoms with E-state index in [1.807, 2.05) is 0 Å². The van der Waals surface area contributed by atoms with Gasteiger partial charge in [0.2, 0.25) is 24.2 Å². The van der Waals surface area contributed by atoms with Crippen molar-refractivity contribution >= 4 is 0 Å². The van der Waals surface area contributed by atoms with Crippen LogP contribution in [0.4, 0.5) is 0 Å². The van der Waals surface area contributed by atoms with Gasteiger partial charge in [0.25, 0.3) is 0 Å². The molecule has 0 saturated heterocycles. The van der Waals surface area contributed by atoms with Crippen LogP contribution >= 0.6 is 0 Å². The van der Waals surface area contributed by atoms with E-state index in [-0.39, 0.29) is 0 Å². The number of hydrogen-bond acceptors (Lipinski definition) is 8. The lowest BCUT2D eigenvalue weighted by atomic mass is 9.76. The standard InChI is InChI=1S/C4H14N6O6/c5-7(11)1-3(9(13)14)2(8(6)12)4(1)10(15)16/h1-4,7-10,13,15H,5-6H2. The van der Waals surface area contributed by atoms with Crippen molar-refractivity contribution in [3.8, 4) is 0 Å². The van der Waals surface area contributed by atoms with Crippen molar-refractivity contribution in [2.75, 3.05) is 0 Å². The maximum Gasteiger partial charge on any atom is 0.238 e. The fraction of sp³-hybridized carbons (Fsp3) is 1.00. The van der Waals surface area contributed by atoms with Gasteiger partial charge >= 0.3 is 0 Å². The molecule has 0 bridgehead atoms. The Kier molecular flexibility index (Phi) is 4.07. The number of nitrogens with one attached hydrogen (secondary N) is 4. The van der Waals surface area contributed by atoms with Crippen LogP contribution in [0.15, 0.2) is 0 Å². The maximum atomic E-state index is 10.9. The highest BCUT2D eigenvalue weighted by molar-refractivity contribution is 4.98. The van der Waals surface area contributed by atoms with Gasteiger partial charge in [0.05, 0.1) is 0 Å². The highest BCUT2D eigenvalue weighted by Crippen LogP contribution is 2.11. The van der Waals surface area contributed by atoms with Crippen molar-refractivity contribution in [2.24, 2.45) is 11.7 Å². The zero-order valence-electron chi connectivity index (χ0n) is 7.99. The molecule has 1 saturated carbocycles. The van der Waals surface area contributed by atoms with Gasteiger partial charge in [-0.1, -0.05) is 0 Å². The summed E-state index contributed by atoms with van der Waals surface area (Å²) < 4.78 is 0. The predicted molar refractivity (Wildman–Crippen MR) is 44.4 cm³/mol. The summed E-state index contributed by atoms with van der Waals surface area (Å²) in [6.07, 6.45) is 0. The number of nitrogens with two attached hydrogens (primary N) is 2. The third-order valence-electron chi connectivity index (χ3n) is 2.77. The van der Waals surface area contributed by atoms with Crippen molar-refractivity contribution in [1.29, 1.82) is 0 Å². The fourth-order valence-electron chi connectivity index (χ4n) is 2.07. The molecule has 1 rings (SSSR count). The lowest BCUT2D eigenvalue weighted by Crippen LogP contribution is -3.43. The fourth-order valence-corrected chi connectivity index (χ4v) is 2.07. The van der Waals surface area contributed by atoms with Crippen molar-refractivity contribution in [3.63, 3.8) is 0 Å². The van der Waals surface area contributed by atoms with Gasteiger partial charge in [-0.25, -0.2) is 20.9 Å². The van der Waals surface area contributed by atoms with Crippen molar-refractivity contribution < 1.29 is 31.2 Å². The third-order valence-corrected chi connectivity index (χ3v) is 2.77. The molecule has 96 valence electrons. The molecule has 1 aliphatic rings. The van der Waals surface area contributed by atoms with E-state index >= 15 is 0 Å². The molecule has 0 aliphatic heterocycles. The number of hydroxylamine groups is 6. The van der Waals surface area contributed by atoms with Crippen LogP contribution < -0.4 is 32.5 Å². The molecule has 10 N–H and O–H groups in total. The lowest BCUT2D eigenvalue weighted by molar-refractivity contribution is -1.17. The normalized spacial score (nSPS) is 42.0. The van der Waals surface area contributed by atoms with Gasteiger partial charge in [-0.2, -0.15) is 11.7 Å². The van der Waals surface area contributed by atoms with Crippen LogP contribution in [0.5, 0.6) is 0 Å². The number of quaternary nitrogens is 4. The van der Waals surface area contributed by atoms with Crippen LogP contribution in [0.25, 0.3) is 0 Å². The number of hydrogen-bond donors (Lipinski definition) is 8. The monoisotopic (exact) mass is 242 g/mol. The Morgan fingerprint density at radius 3 is 1.06 bits per heavy atom. The molecule has 0 radical (unpaired) electrons. The highest BCUT2D eigenvalue weighted by atomic mass is 16.8. The first-order valence-corrected chi connectivity index (χ1v) is 4.33. The summed E-state index contributed by atoms with van der Waals surface area (Å²) in [6, 6.07) is -5.69. The quantitative estimate of drug-likeness (QED) is 0.175. The molecule has 0 aromatic heterocycles. The Bertz CT molecular complexity index is 181. The zero-order chi connectivity index (χ0) is 12.6. The van der Waals surface area contributed by atoms with Gasteiger partial charge in [0.1, 0.15) is 0 Å². The molecule has 1 fully saturated rings. The second kappa shape index (κ2) is 4.80. The summed E-state index contributed by atoms with van der Waals surface area (Å²) in [6.45, 7) is 0. The largest absolute Gasteiger partial charge is 0.613 e. The Hall–Kier alpha value is -0.480. The van der Waals surface area contributed by atoms with E-state index in [0.29, 0.717) is 0 Å². The van der Waals surface area contributed by atoms with E-state index < -0.39 is 45.0 Å². The molecule has 0 heterocycles. The molecule has 0 aromatic rings. The lowest BCUT2D eigenvalue weighted by Gasteiger charge is -2.52. The van der Waals surface area contributed by atoms with Crippen LogP contribution in [-0.4, -0.2) is 34.6 Å². The molecule has 4 atom stereocenters. The van der Waals surface area contributed by atoms with Crippen LogP contribution in [0, 0.1) is 20.8 Å². The minimum absolute atomic E-state index is 1.06. The predicted octanol–water partition coefficient (Wildman–Crippen LogP) is -8.47. The second-order valence-corrected chi connectivity index (χ2v) is 3.58. The first-order chi connectivity index (χ1) is 7.29. The molecular weight excluding hydrogens is 228 g/mol. The summed E-state index contributed by atoms with van der Waals surface area (Å²) in [5.41, 5.74) is 0. The zero-order valence-corrected chi connectivity index (χ0v) is 7.99. The topological polar surface area (TPSA) is 202 Å². The highest BCUT2D eigenvalue weighted by Gasteiger charge is 2.68. The molecule has 12 nitrogen and oxygen atoms in total. The summed E-state index contributed by atoms with van der Waals surface area (Å²) >= 11 is 0. The Labute approximate surface area is 89.0 Å². The molecular formula is C4H14N6O6. The Balaban J connectivity index is 2.89. The van der Waals surface area contributed by atoms with Crippen LogP contribution in [0.3, 0.4) is 0 Å². The summed E-state index contributed by atoms with van der Waals surface area (Å²) in [4.78, 5) is 0. The van der Waals surface area contributed by atoms with Gasteiger partial charge in [0, 0.05) is 0 Å². The Morgan fingerprint density at radius 2 is 0.938 bits per heavy atom. The SMILES string of the molecule is N[NH+]([O-])C1C([NH+]([O-])O)C([NH+](N)[O-])C1[NH+]([O-])O. The van der Waals surface area contributed by atoms with E-state index in [9.17, 15) is 20.8 Å².